The number of nitrogens with zero attached hydrogens (tertiary/aromatic N) is 4. The largest absolute Gasteiger partial charge is 0.339 e. The van der Waals surface area contributed by atoms with Gasteiger partial charge in [-0.3, -0.25) is 14.9 Å². The normalized spacial score (nSPS) is 18.6. The maximum absolute atomic E-state index is 12.7. The highest BCUT2D eigenvalue weighted by atomic mass is 16.2. The first kappa shape index (κ1) is 19.6. The standard InChI is InChI=1S/C21H28N6O2/c1-26-21(23-18(25-26)15-7-11-22-12-8-15)24-19(28)16-9-13-27(14-10-16)20(29)17-5-3-2-4-6-17/h2-6,15-16,22H,7-14H2,1H3,(H,23,24,25,28). The highest BCUT2D eigenvalue weighted by molar-refractivity contribution is 5.95. The lowest BCUT2D eigenvalue weighted by Gasteiger charge is -2.31. The lowest BCUT2D eigenvalue weighted by Crippen LogP contribution is -2.41. The number of hydrogen-bond acceptors (Lipinski definition) is 5. The number of aromatic nitrogens is 3. The fraction of sp³-hybridized carbons (Fsp3) is 0.524. The van der Waals surface area contributed by atoms with Crippen molar-refractivity contribution >= 4 is 17.8 Å². The number of amides is 2. The van der Waals surface area contributed by atoms with Gasteiger partial charge in [0.05, 0.1) is 0 Å². The number of anilines is 1. The smallest absolute Gasteiger partial charge is 0.253 e. The first-order valence-corrected chi connectivity index (χ1v) is 10.4. The molecule has 0 aliphatic carbocycles. The van der Waals surface area contributed by atoms with Crippen LogP contribution in [0.4, 0.5) is 5.95 Å². The van der Waals surface area contributed by atoms with E-state index in [1.165, 1.54) is 0 Å². The molecule has 2 aliphatic rings. The van der Waals surface area contributed by atoms with Gasteiger partial charge in [0.25, 0.3) is 5.91 Å². The van der Waals surface area contributed by atoms with E-state index in [2.05, 4.69) is 20.7 Å². The number of nitrogens with one attached hydrogen (secondary N) is 2. The molecule has 2 aromatic rings. The Morgan fingerprint density at radius 3 is 2.45 bits per heavy atom. The second-order valence-corrected chi connectivity index (χ2v) is 7.86. The Balaban J connectivity index is 1.32. The SMILES string of the molecule is Cn1nc(C2CCNCC2)nc1NC(=O)C1CCN(C(=O)c2ccccc2)CC1. The molecule has 2 aliphatic heterocycles. The number of piperidine rings is 2. The quantitative estimate of drug-likeness (QED) is 0.822. The molecule has 0 bridgehead atoms. The van der Waals surface area contributed by atoms with Crippen LogP contribution in [0, 0.1) is 5.92 Å². The van der Waals surface area contributed by atoms with E-state index in [0.29, 0.717) is 43.4 Å². The molecule has 2 N–H and O–H groups in total. The minimum Gasteiger partial charge on any atom is -0.339 e. The molecule has 1 aromatic carbocycles. The Morgan fingerprint density at radius 2 is 1.76 bits per heavy atom. The molecule has 0 atom stereocenters. The lowest BCUT2D eigenvalue weighted by atomic mass is 9.95. The Hall–Kier alpha value is -2.74. The summed E-state index contributed by atoms with van der Waals surface area (Å²) in [6.45, 7) is 3.13. The first-order chi connectivity index (χ1) is 14.1. The predicted molar refractivity (Wildman–Crippen MR) is 110 cm³/mol. The van der Waals surface area contributed by atoms with Crippen molar-refractivity contribution < 1.29 is 9.59 Å². The van der Waals surface area contributed by atoms with Gasteiger partial charge in [-0.2, -0.15) is 10.1 Å². The fourth-order valence-corrected chi connectivity index (χ4v) is 4.09. The Kier molecular flexibility index (Phi) is 5.89. The first-order valence-electron chi connectivity index (χ1n) is 10.4. The van der Waals surface area contributed by atoms with Gasteiger partial charge >= 0.3 is 0 Å². The van der Waals surface area contributed by atoms with Crippen LogP contribution in [0.3, 0.4) is 0 Å². The van der Waals surface area contributed by atoms with Crippen LogP contribution in [0.5, 0.6) is 0 Å². The van der Waals surface area contributed by atoms with Gasteiger partial charge in [0.2, 0.25) is 11.9 Å². The van der Waals surface area contributed by atoms with Crippen LogP contribution in [0.25, 0.3) is 0 Å². The number of benzene rings is 1. The minimum atomic E-state index is -0.117. The minimum absolute atomic E-state index is 0.0318. The highest BCUT2D eigenvalue weighted by Gasteiger charge is 2.29. The third-order valence-electron chi connectivity index (χ3n) is 5.89. The molecule has 1 aromatic heterocycles. The third-order valence-corrected chi connectivity index (χ3v) is 5.89. The number of rotatable bonds is 4. The molecule has 3 heterocycles. The van der Waals surface area contributed by atoms with Crippen molar-refractivity contribution in [1.29, 1.82) is 0 Å². The van der Waals surface area contributed by atoms with E-state index in [0.717, 1.165) is 31.8 Å². The van der Waals surface area contributed by atoms with Crippen molar-refractivity contribution in [2.75, 3.05) is 31.5 Å². The zero-order chi connectivity index (χ0) is 20.2. The number of carbonyl (C=O) groups is 2. The summed E-state index contributed by atoms with van der Waals surface area (Å²) in [6.07, 6.45) is 3.35. The van der Waals surface area contributed by atoms with Gasteiger partial charge in [-0.05, 0) is 50.9 Å². The maximum Gasteiger partial charge on any atom is 0.253 e. The van der Waals surface area contributed by atoms with Crippen molar-refractivity contribution in [2.24, 2.45) is 13.0 Å². The van der Waals surface area contributed by atoms with Crippen molar-refractivity contribution in [2.45, 2.75) is 31.6 Å². The summed E-state index contributed by atoms with van der Waals surface area (Å²) in [5.41, 5.74) is 0.694. The summed E-state index contributed by atoms with van der Waals surface area (Å²) < 4.78 is 1.66. The van der Waals surface area contributed by atoms with Gasteiger partial charge in [-0.15, -0.1) is 0 Å². The van der Waals surface area contributed by atoms with E-state index in [9.17, 15) is 9.59 Å². The monoisotopic (exact) mass is 396 g/mol. The van der Waals surface area contributed by atoms with Crippen molar-refractivity contribution in [3.63, 3.8) is 0 Å². The average molecular weight is 396 g/mol. The van der Waals surface area contributed by atoms with Crippen LogP contribution in [0.1, 0.15) is 47.8 Å². The zero-order valence-electron chi connectivity index (χ0n) is 16.8. The van der Waals surface area contributed by atoms with Crippen LogP contribution < -0.4 is 10.6 Å². The zero-order valence-corrected chi connectivity index (χ0v) is 16.8. The van der Waals surface area contributed by atoms with E-state index < -0.39 is 0 Å². The average Bonchev–Trinajstić information content (AvgIpc) is 3.14. The van der Waals surface area contributed by atoms with Gasteiger partial charge in [0, 0.05) is 37.5 Å². The van der Waals surface area contributed by atoms with Gasteiger partial charge < -0.3 is 10.2 Å². The fourth-order valence-electron chi connectivity index (χ4n) is 4.09. The van der Waals surface area contributed by atoms with E-state index in [1.54, 1.807) is 4.68 Å². The maximum atomic E-state index is 12.7. The molecular weight excluding hydrogens is 368 g/mol. The Morgan fingerprint density at radius 1 is 1.07 bits per heavy atom. The van der Waals surface area contributed by atoms with Crippen molar-refractivity contribution in [3.8, 4) is 0 Å². The number of likely N-dealkylation sites (tertiary alicyclic amines) is 1. The Labute approximate surface area is 170 Å². The third kappa shape index (κ3) is 4.48. The van der Waals surface area contributed by atoms with Gasteiger partial charge in [-0.25, -0.2) is 4.68 Å². The van der Waals surface area contributed by atoms with Crippen LogP contribution in [0.15, 0.2) is 30.3 Å². The Bertz CT molecular complexity index is 851. The van der Waals surface area contributed by atoms with E-state index >= 15 is 0 Å². The molecule has 8 nitrogen and oxygen atoms in total. The number of hydrogen-bond donors (Lipinski definition) is 2. The summed E-state index contributed by atoms with van der Waals surface area (Å²) >= 11 is 0. The second-order valence-electron chi connectivity index (χ2n) is 7.86. The number of carbonyl (C=O) groups excluding carboxylic acids is 2. The van der Waals surface area contributed by atoms with Crippen LogP contribution in [-0.4, -0.2) is 57.7 Å². The molecule has 4 rings (SSSR count). The summed E-state index contributed by atoms with van der Waals surface area (Å²) in [6, 6.07) is 9.29. The predicted octanol–water partition coefficient (Wildman–Crippen LogP) is 1.77. The van der Waals surface area contributed by atoms with Crippen molar-refractivity contribution in [1.82, 2.24) is 25.0 Å². The lowest BCUT2D eigenvalue weighted by molar-refractivity contribution is -0.121. The van der Waals surface area contributed by atoms with Crippen LogP contribution >= 0.6 is 0 Å². The molecule has 2 saturated heterocycles. The molecule has 0 radical (unpaired) electrons. The molecule has 0 saturated carbocycles. The molecule has 0 spiro atoms. The van der Waals surface area contributed by atoms with E-state index in [-0.39, 0.29) is 17.7 Å². The van der Waals surface area contributed by atoms with E-state index in [4.69, 9.17) is 0 Å². The van der Waals surface area contributed by atoms with Gasteiger partial charge in [-0.1, -0.05) is 18.2 Å². The summed E-state index contributed by atoms with van der Waals surface area (Å²) in [5, 5.41) is 10.8. The number of aryl methyl sites for hydroxylation is 1. The van der Waals surface area contributed by atoms with E-state index in [1.807, 2.05) is 42.3 Å². The molecule has 154 valence electrons. The van der Waals surface area contributed by atoms with Crippen LogP contribution in [0.2, 0.25) is 0 Å². The molecule has 2 fully saturated rings. The molecule has 2 amide bonds. The second kappa shape index (κ2) is 8.73. The summed E-state index contributed by atoms with van der Waals surface area (Å²) in [7, 11) is 1.81. The summed E-state index contributed by atoms with van der Waals surface area (Å²) in [4.78, 5) is 31.7. The molecule has 0 unspecified atom stereocenters. The molecular formula is C21H28N6O2. The van der Waals surface area contributed by atoms with Crippen molar-refractivity contribution in [3.05, 3.63) is 41.7 Å². The highest BCUT2D eigenvalue weighted by Crippen LogP contribution is 2.24. The van der Waals surface area contributed by atoms with Crippen LogP contribution in [-0.2, 0) is 11.8 Å². The molecule has 29 heavy (non-hydrogen) atoms. The summed E-state index contributed by atoms with van der Waals surface area (Å²) in [5.74, 6) is 1.54. The molecule has 8 heteroatoms. The van der Waals surface area contributed by atoms with Gasteiger partial charge in [0.15, 0.2) is 5.82 Å². The van der Waals surface area contributed by atoms with Gasteiger partial charge in [0.1, 0.15) is 0 Å². The topological polar surface area (TPSA) is 92.2 Å².